The second-order valence-corrected chi connectivity index (χ2v) is 6.31. The Morgan fingerprint density at radius 3 is 2.56 bits per heavy atom. The van der Waals surface area contributed by atoms with Gasteiger partial charge in [0.05, 0.1) is 0 Å². The van der Waals surface area contributed by atoms with E-state index in [9.17, 15) is 12.8 Å². The molecule has 1 aromatic rings. The van der Waals surface area contributed by atoms with Gasteiger partial charge in [-0.15, -0.1) is 0 Å². The molecule has 0 unspecified atom stereocenters. The number of nitrogens with zero attached hydrogens (tertiary/aromatic N) is 1. The summed E-state index contributed by atoms with van der Waals surface area (Å²) in [5.74, 6) is -0.672. The van der Waals surface area contributed by atoms with Crippen molar-refractivity contribution in [2.75, 3.05) is 20.1 Å². The van der Waals surface area contributed by atoms with Crippen molar-refractivity contribution in [3.63, 3.8) is 0 Å². The van der Waals surface area contributed by atoms with Crippen LogP contribution in [0.15, 0.2) is 23.1 Å². The summed E-state index contributed by atoms with van der Waals surface area (Å²) in [6.07, 6.45) is 1.69. The molecule has 0 saturated carbocycles. The van der Waals surface area contributed by atoms with Gasteiger partial charge in [0.15, 0.2) is 0 Å². The lowest BCUT2D eigenvalue weighted by Gasteiger charge is -2.16. The number of halogens is 1. The Bertz CT molecular complexity index is 525. The van der Waals surface area contributed by atoms with E-state index in [0.717, 1.165) is 18.4 Å². The summed E-state index contributed by atoms with van der Waals surface area (Å²) in [5, 5.41) is 2.90. The van der Waals surface area contributed by atoms with Gasteiger partial charge >= 0.3 is 0 Å². The summed E-state index contributed by atoms with van der Waals surface area (Å²) >= 11 is 0. The van der Waals surface area contributed by atoms with Crippen molar-refractivity contribution in [2.24, 2.45) is 0 Å². The van der Waals surface area contributed by atoms with Gasteiger partial charge in [-0.3, -0.25) is 0 Å². The standard InChI is InChI=1S/C12H17FN2O2S/c1-14-9-10-4-5-12(11(13)8-10)18(16,17)15-6-2-3-7-15/h4-5,8,14H,2-3,6-7,9H2,1H3. The van der Waals surface area contributed by atoms with E-state index < -0.39 is 15.8 Å². The predicted molar refractivity (Wildman–Crippen MR) is 67.2 cm³/mol. The average Bonchev–Trinajstić information content (AvgIpc) is 2.83. The van der Waals surface area contributed by atoms with Crippen LogP contribution in [0, 0.1) is 5.82 Å². The molecule has 2 rings (SSSR count). The maximum Gasteiger partial charge on any atom is 0.245 e. The fourth-order valence-electron chi connectivity index (χ4n) is 2.14. The highest BCUT2D eigenvalue weighted by molar-refractivity contribution is 7.89. The van der Waals surface area contributed by atoms with Crippen LogP contribution in [0.25, 0.3) is 0 Å². The molecule has 1 aliphatic rings. The maximum atomic E-state index is 13.9. The second-order valence-electron chi connectivity index (χ2n) is 4.41. The Kier molecular flexibility index (Phi) is 3.99. The molecule has 1 heterocycles. The molecule has 0 atom stereocenters. The van der Waals surface area contributed by atoms with Gasteiger partial charge in [-0.1, -0.05) is 6.07 Å². The predicted octanol–water partition coefficient (Wildman–Crippen LogP) is 1.33. The van der Waals surface area contributed by atoms with Crippen molar-refractivity contribution < 1.29 is 12.8 Å². The lowest BCUT2D eigenvalue weighted by atomic mass is 10.2. The van der Waals surface area contributed by atoms with E-state index in [-0.39, 0.29) is 4.90 Å². The van der Waals surface area contributed by atoms with E-state index in [2.05, 4.69) is 5.32 Å². The highest BCUT2D eigenvalue weighted by Crippen LogP contribution is 2.23. The number of hydrogen-bond donors (Lipinski definition) is 1. The zero-order valence-corrected chi connectivity index (χ0v) is 11.1. The van der Waals surface area contributed by atoms with Gasteiger partial charge < -0.3 is 5.32 Å². The largest absolute Gasteiger partial charge is 0.316 e. The highest BCUT2D eigenvalue weighted by atomic mass is 32.2. The monoisotopic (exact) mass is 272 g/mol. The fourth-order valence-corrected chi connectivity index (χ4v) is 3.70. The van der Waals surface area contributed by atoms with Crippen LogP contribution in [-0.2, 0) is 16.6 Å². The number of nitrogens with one attached hydrogen (secondary N) is 1. The van der Waals surface area contributed by atoms with E-state index >= 15 is 0 Å². The van der Waals surface area contributed by atoms with Gasteiger partial charge in [0.25, 0.3) is 0 Å². The minimum atomic E-state index is -3.66. The Hall–Kier alpha value is -0.980. The fraction of sp³-hybridized carbons (Fsp3) is 0.500. The minimum absolute atomic E-state index is 0.218. The topological polar surface area (TPSA) is 49.4 Å². The van der Waals surface area contributed by atoms with Gasteiger partial charge in [0.2, 0.25) is 10.0 Å². The summed E-state index contributed by atoms with van der Waals surface area (Å²) in [6, 6.07) is 4.28. The molecule has 4 nitrogen and oxygen atoms in total. The molecule has 18 heavy (non-hydrogen) atoms. The molecular formula is C12H17FN2O2S. The zero-order valence-electron chi connectivity index (χ0n) is 10.3. The van der Waals surface area contributed by atoms with Crippen LogP contribution in [0.1, 0.15) is 18.4 Å². The van der Waals surface area contributed by atoms with Gasteiger partial charge in [-0.25, -0.2) is 12.8 Å². The van der Waals surface area contributed by atoms with Crippen molar-refractivity contribution >= 4 is 10.0 Å². The highest BCUT2D eigenvalue weighted by Gasteiger charge is 2.29. The van der Waals surface area contributed by atoms with Gasteiger partial charge in [-0.2, -0.15) is 4.31 Å². The third-order valence-corrected chi connectivity index (χ3v) is 4.99. The molecule has 0 bridgehead atoms. The molecule has 1 aromatic carbocycles. The zero-order chi connectivity index (χ0) is 13.2. The first-order valence-electron chi connectivity index (χ1n) is 5.99. The first-order chi connectivity index (χ1) is 8.55. The quantitative estimate of drug-likeness (QED) is 0.899. The van der Waals surface area contributed by atoms with E-state index in [1.54, 1.807) is 13.1 Å². The van der Waals surface area contributed by atoms with Gasteiger partial charge in [0.1, 0.15) is 10.7 Å². The van der Waals surface area contributed by atoms with Gasteiger partial charge in [0, 0.05) is 19.6 Å². The van der Waals surface area contributed by atoms with Crippen molar-refractivity contribution in [1.82, 2.24) is 9.62 Å². The van der Waals surface area contributed by atoms with Crippen LogP contribution in [0.4, 0.5) is 4.39 Å². The molecule has 1 saturated heterocycles. The summed E-state index contributed by atoms with van der Waals surface area (Å²) < 4.78 is 39.6. The van der Waals surface area contributed by atoms with Crippen LogP contribution in [0.5, 0.6) is 0 Å². The van der Waals surface area contributed by atoms with Crippen molar-refractivity contribution in [3.8, 4) is 0 Å². The second kappa shape index (κ2) is 5.34. The molecule has 0 aromatic heterocycles. The van der Waals surface area contributed by atoms with Crippen LogP contribution >= 0.6 is 0 Å². The van der Waals surface area contributed by atoms with Crippen LogP contribution in [-0.4, -0.2) is 32.9 Å². The number of hydrogen-bond acceptors (Lipinski definition) is 3. The van der Waals surface area contributed by atoms with E-state index in [1.165, 1.54) is 16.4 Å². The first-order valence-corrected chi connectivity index (χ1v) is 7.43. The summed E-state index contributed by atoms with van der Waals surface area (Å²) in [7, 11) is -1.91. The number of benzene rings is 1. The summed E-state index contributed by atoms with van der Waals surface area (Å²) in [4.78, 5) is -0.218. The Morgan fingerprint density at radius 1 is 1.33 bits per heavy atom. The molecule has 0 amide bonds. The third kappa shape index (κ3) is 2.55. The molecule has 1 fully saturated rings. The van der Waals surface area contributed by atoms with Crippen LogP contribution in [0.3, 0.4) is 0 Å². The summed E-state index contributed by atoms with van der Waals surface area (Å²) in [5.41, 5.74) is 0.732. The molecular weight excluding hydrogens is 255 g/mol. The molecule has 1 aliphatic heterocycles. The lowest BCUT2D eigenvalue weighted by molar-refractivity contribution is 0.469. The van der Waals surface area contributed by atoms with Crippen molar-refractivity contribution in [2.45, 2.75) is 24.3 Å². The molecule has 6 heteroatoms. The van der Waals surface area contributed by atoms with Gasteiger partial charge in [-0.05, 0) is 37.6 Å². The Balaban J connectivity index is 2.32. The SMILES string of the molecule is CNCc1ccc(S(=O)(=O)N2CCCC2)c(F)c1. The van der Waals surface area contributed by atoms with Crippen LogP contribution < -0.4 is 5.32 Å². The molecule has 0 spiro atoms. The molecule has 1 N–H and O–H groups in total. The number of rotatable bonds is 4. The number of sulfonamides is 1. The van der Waals surface area contributed by atoms with E-state index in [1.807, 2.05) is 0 Å². The van der Waals surface area contributed by atoms with E-state index in [0.29, 0.717) is 19.6 Å². The maximum absolute atomic E-state index is 13.9. The summed E-state index contributed by atoms with van der Waals surface area (Å²) in [6.45, 7) is 1.49. The Morgan fingerprint density at radius 2 is 2.00 bits per heavy atom. The van der Waals surface area contributed by atoms with Crippen LogP contribution in [0.2, 0.25) is 0 Å². The molecule has 100 valence electrons. The third-order valence-electron chi connectivity index (χ3n) is 3.06. The molecule has 0 radical (unpaired) electrons. The van der Waals surface area contributed by atoms with Crippen molar-refractivity contribution in [3.05, 3.63) is 29.6 Å². The first kappa shape index (κ1) is 13.5. The molecule has 0 aliphatic carbocycles. The minimum Gasteiger partial charge on any atom is -0.316 e. The lowest BCUT2D eigenvalue weighted by Crippen LogP contribution is -2.28. The van der Waals surface area contributed by atoms with E-state index in [4.69, 9.17) is 0 Å². The smallest absolute Gasteiger partial charge is 0.245 e. The Labute approximate surface area is 107 Å². The normalized spacial score (nSPS) is 17.2. The van der Waals surface area contributed by atoms with Crippen molar-refractivity contribution in [1.29, 1.82) is 0 Å². The average molecular weight is 272 g/mol.